The number of pyridine rings is 1. The van der Waals surface area contributed by atoms with Gasteiger partial charge in [0.2, 0.25) is 0 Å². The zero-order chi connectivity index (χ0) is 33.4. The van der Waals surface area contributed by atoms with Gasteiger partial charge in [-0.2, -0.15) is 9.97 Å². The van der Waals surface area contributed by atoms with Crippen molar-refractivity contribution in [3.8, 4) is 35.4 Å². The first-order chi connectivity index (χ1) is 23.4. The number of rotatable bonds is 9. The second-order valence-electron chi connectivity index (χ2n) is 13.1. The molecule has 4 aromatic rings. The molecular formula is C37H41F2N5O4. The number of benzene rings is 2. The van der Waals surface area contributed by atoms with E-state index in [4.69, 9.17) is 25.6 Å². The molecule has 3 aliphatic rings. The molecule has 3 atom stereocenters. The molecule has 0 radical (unpaired) electrons. The Morgan fingerprint density at radius 1 is 1.15 bits per heavy atom. The Morgan fingerprint density at radius 3 is 2.75 bits per heavy atom. The number of phenols is 1. The molecule has 0 spiro atoms. The van der Waals surface area contributed by atoms with Gasteiger partial charge in [-0.3, -0.25) is 9.88 Å². The lowest BCUT2D eigenvalue weighted by Crippen LogP contribution is -2.54. The summed E-state index contributed by atoms with van der Waals surface area (Å²) >= 11 is 0. The molecule has 2 aromatic heterocycles. The van der Waals surface area contributed by atoms with Crippen LogP contribution in [0.3, 0.4) is 0 Å². The van der Waals surface area contributed by atoms with Crippen molar-refractivity contribution in [3.05, 3.63) is 47.7 Å². The van der Waals surface area contributed by atoms with E-state index in [1.54, 1.807) is 0 Å². The van der Waals surface area contributed by atoms with Gasteiger partial charge in [0.15, 0.2) is 5.82 Å². The number of aromatic hydroxyl groups is 1. The second-order valence-corrected chi connectivity index (χ2v) is 13.1. The maximum Gasteiger partial charge on any atom is 0.319 e. The average molecular weight is 658 g/mol. The Hall–Kier alpha value is -4.11. The van der Waals surface area contributed by atoms with E-state index < -0.39 is 11.6 Å². The number of hydrogen-bond donors (Lipinski definition) is 1. The van der Waals surface area contributed by atoms with E-state index in [-0.39, 0.29) is 51.0 Å². The molecule has 1 aliphatic carbocycles. The molecule has 11 heteroatoms. The minimum atomic E-state index is -0.734. The van der Waals surface area contributed by atoms with E-state index in [9.17, 15) is 9.50 Å². The third kappa shape index (κ3) is 5.80. The standard InChI is InChI=1S/C37H41F2N5O4/c1-4-26-29(38)11-10-23-17-24(45)18-27(31(23)26)33-32(39)34-28(19-40-33)35(43(5-2)6-3)42-36(41-34)48-22-37-12-7-9-30(37)44(14-8-13-37)20-25-21-46-15-16-47-25/h1,10-11,17-19,25,30,45H,5-9,12-16,20-22H2,2-3H3. The van der Waals surface area contributed by atoms with Gasteiger partial charge in [-0.15, -0.1) is 6.42 Å². The van der Waals surface area contributed by atoms with Gasteiger partial charge in [0.25, 0.3) is 0 Å². The molecule has 1 N–H and O–H groups in total. The summed E-state index contributed by atoms with van der Waals surface area (Å²) in [6.07, 6.45) is 12.6. The molecule has 48 heavy (non-hydrogen) atoms. The zero-order valence-corrected chi connectivity index (χ0v) is 27.5. The van der Waals surface area contributed by atoms with E-state index in [0.29, 0.717) is 62.1 Å². The molecule has 3 fully saturated rings. The number of fused-ring (bicyclic) bond motifs is 3. The fourth-order valence-corrected chi connectivity index (χ4v) is 8.13. The van der Waals surface area contributed by atoms with Crippen molar-refractivity contribution in [3.63, 3.8) is 0 Å². The molecule has 7 rings (SSSR count). The topological polar surface area (TPSA) is 93.1 Å². The summed E-state index contributed by atoms with van der Waals surface area (Å²) in [4.78, 5) is 18.5. The van der Waals surface area contributed by atoms with Crippen LogP contribution in [0.4, 0.5) is 14.6 Å². The fraction of sp³-hybridized carbons (Fsp3) is 0.486. The van der Waals surface area contributed by atoms with Crippen molar-refractivity contribution in [2.45, 2.75) is 58.1 Å². The predicted octanol–water partition coefficient (Wildman–Crippen LogP) is 6.09. The summed E-state index contributed by atoms with van der Waals surface area (Å²) in [5.41, 5.74) is -0.00723. The summed E-state index contributed by atoms with van der Waals surface area (Å²) in [6.45, 7) is 9.42. The number of piperidine rings is 1. The number of terminal acetylenes is 1. The van der Waals surface area contributed by atoms with Gasteiger partial charge < -0.3 is 24.2 Å². The molecule has 252 valence electrons. The summed E-state index contributed by atoms with van der Waals surface area (Å²) in [6, 6.07) is 5.98. The Morgan fingerprint density at radius 2 is 1.98 bits per heavy atom. The van der Waals surface area contributed by atoms with Gasteiger partial charge in [0, 0.05) is 48.2 Å². The molecule has 0 bridgehead atoms. The first-order valence-electron chi connectivity index (χ1n) is 17.0. The molecule has 2 saturated heterocycles. The number of halogens is 2. The van der Waals surface area contributed by atoms with Gasteiger partial charge in [-0.25, -0.2) is 8.78 Å². The highest BCUT2D eigenvalue weighted by Crippen LogP contribution is 2.48. The quantitative estimate of drug-likeness (QED) is 0.215. The van der Waals surface area contributed by atoms with Gasteiger partial charge in [0.1, 0.15) is 28.6 Å². The molecule has 3 unspecified atom stereocenters. The van der Waals surface area contributed by atoms with E-state index in [1.807, 2.05) is 18.7 Å². The monoisotopic (exact) mass is 657 g/mol. The molecule has 2 aromatic carbocycles. The highest BCUT2D eigenvalue weighted by Gasteiger charge is 2.49. The minimum absolute atomic E-state index is 0.0299. The number of aromatic nitrogens is 3. The Kier molecular flexibility index (Phi) is 9.07. The summed E-state index contributed by atoms with van der Waals surface area (Å²) in [7, 11) is 0. The molecule has 9 nitrogen and oxygen atoms in total. The van der Waals surface area contributed by atoms with Crippen LogP contribution in [0.15, 0.2) is 30.5 Å². The van der Waals surface area contributed by atoms with Crippen LogP contribution in [0, 0.1) is 29.4 Å². The van der Waals surface area contributed by atoms with Crippen molar-refractivity contribution in [1.82, 2.24) is 19.9 Å². The number of anilines is 1. The Bertz CT molecular complexity index is 1870. The third-order valence-electron chi connectivity index (χ3n) is 10.4. The van der Waals surface area contributed by atoms with Crippen LogP contribution in [0.25, 0.3) is 32.9 Å². The zero-order valence-electron chi connectivity index (χ0n) is 27.5. The molecule has 4 heterocycles. The van der Waals surface area contributed by atoms with Crippen molar-refractivity contribution in [2.24, 2.45) is 5.41 Å². The SMILES string of the molecule is C#Cc1c(F)ccc2cc(O)cc(-c3ncc4c(N(CC)CC)nc(OCC56CCCC5N(CC5COCCO5)CCC6)nc4c3F)c12. The first kappa shape index (κ1) is 32.4. The highest BCUT2D eigenvalue weighted by molar-refractivity contribution is 6.03. The normalized spacial score (nSPS) is 22.9. The smallest absolute Gasteiger partial charge is 0.319 e. The second kappa shape index (κ2) is 13.4. The van der Waals surface area contributed by atoms with Crippen LogP contribution in [0.5, 0.6) is 11.8 Å². The average Bonchev–Trinajstić information content (AvgIpc) is 3.54. The third-order valence-corrected chi connectivity index (χ3v) is 10.4. The number of nitrogens with zero attached hydrogens (tertiary/aromatic N) is 5. The van der Waals surface area contributed by atoms with Crippen LogP contribution in [-0.2, 0) is 9.47 Å². The van der Waals surface area contributed by atoms with E-state index in [0.717, 1.165) is 45.2 Å². The first-order valence-corrected chi connectivity index (χ1v) is 17.0. The van der Waals surface area contributed by atoms with E-state index in [2.05, 4.69) is 20.8 Å². The minimum Gasteiger partial charge on any atom is -0.508 e. The Labute approximate surface area is 279 Å². The summed E-state index contributed by atoms with van der Waals surface area (Å²) in [5.74, 6) is 1.43. The van der Waals surface area contributed by atoms with Crippen molar-refractivity contribution >= 4 is 27.5 Å². The van der Waals surface area contributed by atoms with Gasteiger partial charge >= 0.3 is 6.01 Å². The lowest BCUT2D eigenvalue weighted by Gasteiger charge is -2.47. The molecular weight excluding hydrogens is 616 g/mol. The number of likely N-dealkylation sites (tertiary alicyclic amines) is 1. The van der Waals surface area contributed by atoms with Gasteiger partial charge in [-0.1, -0.05) is 18.4 Å². The van der Waals surface area contributed by atoms with E-state index in [1.165, 1.54) is 30.5 Å². The molecule has 2 aliphatic heterocycles. The van der Waals surface area contributed by atoms with Crippen molar-refractivity contribution in [2.75, 3.05) is 57.5 Å². The number of ether oxygens (including phenoxy) is 3. The molecule has 0 amide bonds. The van der Waals surface area contributed by atoms with E-state index >= 15 is 4.39 Å². The van der Waals surface area contributed by atoms with Gasteiger partial charge in [-0.05, 0) is 69.7 Å². The summed E-state index contributed by atoms with van der Waals surface area (Å²) < 4.78 is 49.8. The van der Waals surface area contributed by atoms with Gasteiger partial charge in [0.05, 0.1) is 43.5 Å². The lowest BCUT2D eigenvalue weighted by atomic mass is 9.75. The predicted molar refractivity (Wildman–Crippen MR) is 180 cm³/mol. The fourth-order valence-electron chi connectivity index (χ4n) is 8.13. The van der Waals surface area contributed by atoms with Crippen LogP contribution < -0.4 is 9.64 Å². The lowest BCUT2D eigenvalue weighted by molar-refractivity contribution is -0.111. The number of hydrogen-bond acceptors (Lipinski definition) is 9. The summed E-state index contributed by atoms with van der Waals surface area (Å²) in [5, 5.41) is 11.7. The molecule has 1 saturated carbocycles. The highest BCUT2D eigenvalue weighted by atomic mass is 19.1. The van der Waals surface area contributed by atoms with Crippen LogP contribution >= 0.6 is 0 Å². The van der Waals surface area contributed by atoms with Crippen molar-refractivity contribution < 1.29 is 28.1 Å². The Balaban J connectivity index is 1.27. The van der Waals surface area contributed by atoms with Crippen LogP contribution in [0.2, 0.25) is 0 Å². The van der Waals surface area contributed by atoms with Crippen LogP contribution in [-0.4, -0.2) is 89.7 Å². The largest absolute Gasteiger partial charge is 0.508 e. The van der Waals surface area contributed by atoms with Crippen molar-refractivity contribution in [1.29, 1.82) is 0 Å². The van der Waals surface area contributed by atoms with Crippen LogP contribution in [0.1, 0.15) is 51.5 Å². The maximum atomic E-state index is 16.8. The number of phenolic OH excluding ortho intramolecular Hbond substituents is 1. The maximum absolute atomic E-state index is 16.8.